The first kappa shape index (κ1) is 25.7. The second kappa shape index (κ2) is 10.1. The van der Waals surface area contributed by atoms with Crippen molar-refractivity contribution in [2.24, 2.45) is 7.05 Å². The SMILES string of the molecule is CCN(CC)S(=O)(=O)c1ccc2c(c1)nc(CCC(=O)OCc1ccc(C(F)(F)F)cc1)n2C. The van der Waals surface area contributed by atoms with Crippen LogP contribution in [0.3, 0.4) is 0 Å². The number of hydrogen-bond donors (Lipinski definition) is 0. The zero-order chi connectivity index (χ0) is 25.1. The lowest BCUT2D eigenvalue weighted by molar-refractivity contribution is -0.145. The fourth-order valence-electron chi connectivity index (χ4n) is 3.57. The number of hydrogen-bond acceptors (Lipinski definition) is 5. The minimum absolute atomic E-state index is 0.0163. The predicted molar refractivity (Wildman–Crippen MR) is 120 cm³/mol. The number of alkyl halides is 3. The number of esters is 1. The van der Waals surface area contributed by atoms with E-state index in [1.165, 1.54) is 22.5 Å². The van der Waals surface area contributed by atoms with Gasteiger partial charge in [-0.05, 0) is 35.9 Å². The standard InChI is InChI=1S/C23H26F3N3O4S/c1-4-29(5-2)34(31,32)18-10-11-20-19(14-18)27-21(28(20)3)12-13-22(30)33-15-16-6-8-17(9-7-16)23(24,25)26/h6-11,14H,4-5,12-13,15H2,1-3H3. The molecule has 0 spiro atoms. The average Bonchev–Trinajstić information content (AvgIpc) is 3.11. The molecule has 1 heterocycles. The van der Waals surface area contributed by atoms with E-state index in [2.05, 4.69) is 4.98 Å². The maximum atomic E-state index is 12.8. The zero-order valence-corrected chi connectivity index (χ0v) is 19.9. The summed E-state index contributed by atoms with van der Waals surface area (Å²) in [6.07, 6.45) is -4.14. The summed E-state index contributed by atoms with van der Waals surface area (Å²) in [6, 6.07) is 9.17. The number of benzene rings is 2. The zero-order valence-electron chi connectivity index (χ0n) is 19.1. The van der Waals surface area contributed by atoms with Gasteiger partial charge in [-0.25, -0.2) is 13.4 Å². The summed E-state index contributed by atoms with van der Waals surface area (Å²) in [5, 5.41) is 0. The number of nitrogens with zero attached hydrogens (tertiary/aromatic N) is 3. The number of aryl methyl sites for hydroxylation is 2. The molecule has 0 aliphatic carbocycles. The Bertz CT molecular complexity index is 1270. The summed E-state index contributed by atoms with van der Waals surface area (Å²) < 4.78 is 71.7. The Kier molecular flexibility index (Phi) is 7.67. The third kappa shape index (κ3) is 5.58. The summed E-state index contributed by atoms with van der Waals surface area (Å²) in [7, 11) is -1.84. The Hall–Kier alpha value is -2.92. The van der Waals surface area contributed by atoms with Crippen LogP contribution in [0.1, 0.15) is 37.2 Å². The molecule has 0 saturated carbocycles. The summed E-state index contributed by atoms with van der Waals surface area (Å²) in [4.78, 5) is 16.8. The molecular formula is C23H26F3N3O4S. The van der Waals surface area contributed by atoms with Gasteiger partial charge in [0, 0.05) is 26.6 Å². The van der Waals surface area contributed by atoms with Gasteiger partial charge in [-0.2, -0.15) is 17.5 Å². The van der Waals surface area contributed by atoms with E-state index in [1.54, 1.807) is 37.6 Å². The van der Waals surface area contributed by atoms with E-state index >= 15 is 0 Å². The highest BCUT2D eigenvalue weighted by atomic mass is 32.2. The van der Waals surface area contributed by atoms with Crippen molar-refractivity contribution >= 4 is 27.0 Å². The normalized spacial score (nSPS) is 12.4. The third-order valence-electron chi connectivity index (χ3n) is 5.52. The Morgan fingerprint density at radius 3 is 2.32 bits per heavy atom. The van der Waals surface area contributed by atoms with E-state index in [4.69, 9.17) is 4.74 Å². The first-order valence-corrected chi connectivity index (χ1v) is 12.2. The quantitative estimate of drug-likeness (QED) is 0.412. The lowest BCUT2D eigenvalue weighted by atomic mass is 10.1. The van der Waals surface area contributed by atoms with E-state index in [0.717, 1.165) is 17.6 Å². The first-order chi connectivity index (χ1) is 16.0. The van der Waals surface area contributed by atoms with Crippen molar-refractivity contribution in [3.63, 3.8) is 0 Å². The van der Waals surface area contributed by atoms with E-state index in [-0.39, 0.29) is 24.3 Å². The topological polar surface area (TPSA) is 81.5 Å². The Balaban J connectivity index is 1.65. The number of rotatable bonds is 9. The smallest absolute Gasteiger partial charge is 0.416 e. The monoisotopic (exact) mass is 497 g/mol. The van der Waals surface area contributed by atoms with Crippen molar-refractivity contribution in [3.8, 4) is 0 Å². The van der Waals surface area contributed by atoms with Crippen molar-refractivity contribution in [1.29, 1.82) is 0 Å². The maximum Gasteiger partial charge on any atom is 0.416 e. The highest BCUT2D eigenvalue weighted by Crippen LogP contribution is 2.29. The van der Waals surface area contributed by atoms with Gasteiger partial charge in [-0.3, -0.25) is 4.79 Å². The molecule has 0 amide bonds. The van der Waals surface area contributed by atoms with E-state index < -0.39 is 27.7 Å². The highest BCUT2D eigenvalue weighted by Gasteiger charge is 2.30. The number of carbonyl (C=O) groups excluding carboxylic acids is 1. The molecule has 0 atom stereocenters. The molecule has 0 bridgehead atoms. The van der Waals surface area contributed by atoms with Crippen LogP contribution in [0.15, 0.2) is 47.4 Å². The molecule has 34 heavy (non-hydrogen) atoms. The first-order valence-electron chi connectivity index (χ1n) is 10.7. The number of sulfonamides is 1. The van der Waals surface area contributed by atoms with Gasteiger partial charge >= 0.3 is 12.1 Å². The lowest BCUT2D eigenvalue weighted by Gasteiger charge is -2.18. The van der Waals surface area contributed by atoms with Crippen LogP contribution < -0.4 is 0 Å². The Morgan fingerprint density at radius 1 is 1.09 bits per heavy atom. The van der Waals surface area contributed by atoms with Crippen molar-refractivity contribution in [1.82, 2.24) is 13.9 Å². The summed E-state index contributed by atoms with van der Waals surface area (Å²) in [5.41, 5.74) is 0.916. The molecule has 0 aliphatic rings. The van der Waals surface area contributed by atoms with Gasteiger partial charge in [-0.1, -0.05) is 26.0 Å². The number of carbonyl (C=O) groups is 1. The molecule has 7 nitrogen and oxygen atoms in total. The summed E-state index contributed by atoms with van der Waals surface area (Å²) in [5.74, 6) is 0.0654. The average molecular weight is 498 g/mol. The molecule has 0 radical (unpaired) electrons. The van der Waals surface area contributed by atoms with Gasteiger partial charge in [-0.15, -0.1) is 0 Å². The van der Waals surface area contributed by atoms with Crippen LogP contribution >= 0.6 is 0 Å². The van der Waals surface area contributed by atoms with Crippen LogP contribution in [0, 0.1) is 0 Å². The number of fused-ring (bicyclic) bond motifs is 1. The van der Waals surface area contributed by atoms with E-state index in [0.29, 0.717) is 30.0 Å². The number of halogens is 3. The molecule has 0 unspecified atom stereocenters. The Labute approximate surface area is 196 Å². The van der Waals surface area contributed by atoms with Gasteiger partial charge in [0.05, 0.1) is 27.9 Å². The van der Waals surface area contributed by atoms with Crippen molar-refractivity contribution in [3.05, 3.63) is 59.4 Å². The minimum atomic E-state index is -4.42. The van der Waals surface area contributed by atoms with E-state index in [1.807, 2.05) is 0 Å². The van der Waals surface area contributed by atoms with Crippen LogP contribution in [0.25, 0.3) is 11.0 Å². The number of aromatic nitrogens is 2. The van der Waals surface area contributed by atoms with Gasteiger partial charge < -0.3 is 9.30 Å². The molecule has 11 heteroatoms. The lowest BCUT2D eigenvalue weighted by Crippen LogP contribution is -2.30. The second-order valence-electron chi connectivity index (χ2n) is 7.68. The molecule has 3 aromatic rings. The number of imidazole rings is 1. The molecule has 0 saturated heterocycles. The van der Waals surface area contributed by atoms with E-state index in [9.17, 15) is 26.4 Å². The molecule has 0 aliphatic heterocycles. The fraction of sp³-hybridized carbons (Fsp3) is 0.391. The summed E-state index contributed by atoms with van der Waals surface area (Å²) >= 11 is 0. The van der Waals surface area contributed by atoms with Crippen LogP contribution in [0.4, 0.5) is 13.2 Å². The van der Waals surface area contributed by atoms with Gasteiger partial charge in [0.25, 0.3) is 0 Å². The molecule has 0 N–H and O–H groups in total. The van der Waals surface area contributed by atoms with Crippen LogP contribution in [0.2, 0.25) is 0 Å². The molecular weight excluding hydrogens is 471 g/mol. The van der Waals surface area contributed by atoms with Crippen LogP contribution in [0.5, 0.6) is 0 Å². The molecule has 184 valence electrons. The molecule has 1 aromatic heterocycles. The molecule has 0 fully saturated rings. The maximum absolute atomic E-state index is 12.8. The highest BCUT2D eigenvalue weighted by molar-refractivity contribution is 7.89. The van der Waals surface area contributed by atoms with Gasteiger partial charge in [0.1, 0.15) is 12.4 Å². The van der Waals surface area contributed by atoms with Crippen LogP contribution in [-0.4, -0.2) is 41.3 Å². The second-order valence-corrected chi connectivity index (χ2v) is 9.62. The van der Waals surface area contributed by atoms with Crippen molar-refractivity contribution < 1.29 is 31.1 Å². The van der Waals surface area contributed by atoms with Gasteiger partial charge in [0.15, 0.2) is 0 Å². The largest absolute Gasteiger partial charge is 0.461 e. The minimum Gasteiger partial charge on any atom is -0.461 e. The van der Waals surface area contributed by atoms with Crippen LogP contribution in [-0.2, 0) is 45.8 Å². The van der Waals surface area contributed by atoms with Gasteiger partial charge in [0.2, 0.25) is 10.0 Å². The third-order valence-corrected chi connectivity index (χ3v) is 7.57. The Morgan fingerprint density at radius 2 is 1.74 bits per heavy atom. The molecule has 3 rings (SSSR count). The molecule has 2 aromatic carbocycles. The summed E-state index contributed by atoms with van der Waals surface area (Å²) in [6.45, 7) is 4.13. The predicted octanol–water partition coefficient (Wildman–Crippen LogP) is 4.30. The fourth-order valence-corrected chi connectivity index (χ4v) is 5.04. The van der Waals surface area contributed by atoms with Crippen molar-refractivity contribution in [2.75, 3.05) is 13.1 Å². The van der Waals surface area contributed by atoms with Crippen molar-refractivity contribution in [2.45, 2.75) is 44.4 Å². The number of ether oxygens (including phenoxy) is 1.